The zero-order valence-electron chi connectivity index (χ0n) is 18.2. The van der Waals surface area contributed by atoms with Gasteiger partial charge < -0.3 is 10.2 Å². The average molecular weight is 400 g/mol. The summed E-state index contributed by atoms with van der Waals surface area (Å²) in [6, 6.07) is 6.24. The van der Waals surface area contributed by atoms with Crippen molar-refractivity contribution in [1.82, 2.24) is 9.80 Å². The summed E-state index contributed by atoms with van der Waals surface area (Å²) in [5, 5.41) is 3.15. The lowest BCUT2D eigenvalue weighted by Crippen LogP contribution is -2.50. The van der Waals surface area contributed by atoms with Gasteiger partial charge in [-0.05, 0) is 36.3 Å². The highest BCUT2D eigenvalue weighted by Gasteiger charge is 2.24. The van der Waals surface area contributed by atoms with Gasteiger partial charge in [-0.2, -0.15) is 0 Å². The van der Waals surface area contributed by atoms with Crippen LogP contribution in [0.2, 0.25) is 0 Å². The fourth-order valence-corrected chi connectivity index (χ4v) is 4.73. The number of benzene rings is 1. The molecule has 1 saturated heterocycles. The molecule has 1 N–H and O–H groups in total. The maximum Gasteiger partial charge on any atom is 0.238 e. The van der Waals surface area contributed by atoms with Crippen molar-refractivity contribution < 1.29 is 9.59 Å². The number of carbonyl (C=O) groups excluding carboxylic acids is 2. The molecular weight excluding hydrogens is 362 g/mol. The molecule has 0 radical (unpaired) electrons. The van der Waals surface area contributed by atoms with Gasteiger partial charge in [0.1, 0.15) is 0 Å². The van der Waals surface area contributed by atoms with E-state index in [1.165, 1.54) is 36.8 Å². The van der Waals surface area contributed by atoms with Gasteiger partial charge in [0.2, 0.25) is 11.8 Å². The highest BCUT2D eigenvalue weighted by Crippen LogP contribution is 2.28. The number of amides is 2. The molecule has 29 heavy (non-hydrogen) atoms. The standard InChI is InChI=1S/C24H37N3O2/c1-3-20-10-7-11-21(4-2)24(20)25-22(28)18-26-14-16-27(17-15-26)23(29)13-12-19-8-5-6-9-19/h7,10-11,19H,3-6,8-9,12-18H2,1-2H3,(H,25,28). The number of piperazine rings is 1. The minimum absolute atomic E-state index is 0.0432. The van der Waals surface area contributed by atoms with E-state index in [0.717, 1.165) is 57.0 Å². The van der Waals surface area contributed by atoms with Crippen LogP contribution in [-0.4, -0.2) is 54.3 Å². The summed E-state index contributed by atoms with van der Waals surface area (Å²) in [6.07, 6.45) is 8.84. The van der Waals surface area contributed by atoms with Gasteiger partial charge in [-0.15, -0.1) is 0 Å². The molecule has 0 aromatic heterocycles. The summed E-state index contributed by atoms with van der Waals surface area (Å²) in [5.41, 5.74) is 3.37. The SMILES string of the molecule is CCc1cccc(CC)c1NC(=O)CN1CCN(C(=O)CCC2CCCC2)CC1. The summed E-state index contributed by atoms with van der Waals surface area (Å²) in [7, 11) is 0. The summed E-state index contributed by atoms with van der Waals surface area (Å²) < 4.78 is 0. The highest BCUT2D eigenvalue weighted by molar-refractivity contribution is 5.93. The van der Waals surface area contributed by atoms with Crippen LogP contribution in [0.3, 0.4) is 0 Å². The Kier molecular flexibility index (Phi) is 8.10. The largest absolute Gasteiger partial charge is 0.340 e. The maximum absolute atomic E-state index is 12.6. The number of aryl methyl sites for hydroxylation is 2. The quantitative estimate of drug-likeness (QED) is 0.722. The third kappa shape index (κ3) is 6.05. The molecule has 0 bridgehead atoms. The molecule has 0 spiro atoms. The molecule has 5 heteroatoms. The summed E-state index contributed by atoms with van der Waals surface area (Å²) in [4.78, 5) is 29.3. The van der Waals surface area contributed by atoms with E-state index in [-0.39, 0.29) is 5.91 Å². The van der Waals surface area contributed by atoms with Gasteiger partial charge in [0.25, 0.3) is 0 Å². The van der Waals surface area contributed by atoms with E-state index in [4.69, 9.17) is 0 Å². The van der Waals surface area contributed by atoms with Gasteiger partial charge in [-0.1, -0.05) is 57.7 Å². The monoisotopic (exact) mass is 399 g/mol. The smallest absolute Gasteiger partial charge is 0.238 e. The van der Waals surface area contributed by atoms with Crippen molar-refractivity contribution >= 4 is 17.5 Å². The molecule has 5 nitrogen and oxygen atoms in total. The van der Waals surface area contributed by atoms with Gasteiger partial charge in [0.15, 0.2) is 0 Å². The number of nitrogens with zero attached hydrogens (tertiary/aromatic N) is 2. The first-order valence-corrected chi connectivity index (χ1v) is 11.5. The van der Waals surface area contributed by atoms with Crippen LogP contribution in [0.25, 0.3) is 0 Å². The number of nitrogens with one attached hydrogen (secondary N) is 1. The Morgan fingerprint density at radius 3 is 2.21 bits per heavy atom. The van der Waals surface area contributed by atoms with Crippen LogP contribution in [-0.2, 0) is 22.4 Å². The lowest BCUT2D eigenvalue weighted by Gasteiger charge is -2.34. The first-order chi connectivity index (χ1) is 14.1. The highest BCUT2D eigenvalue weighted by atomic mass is 16.2. The van der Waals surface area contributed by atoms with E-state index < -0.39 is 0 Å². The molecular formula is C24H37N3O2. The van der Waals surface area contributed by atoms with Gasteiger partial charge >= 0.3 is 0 Å². The van der Waals surface area contributed by atoms with Crippen LogP contribution in [0.4, 0.5) is 5.69 Å². The van der Waals surface area contributed by atoms with Crippen molar-refractivity contribution in [1.29, 1.82) is 0 Å². The maximum atomic E-state index is 12.6. The van der Waals surface area contributed by atoms with E-state index in [0.29, 0.717) is 18.9 Å². The fourth-order valence-electron chi connectivity index (χ4n) is 4.73. The Morgan fingerprint density at radius 2 is 1.62 bits per heavy atom. The van der Waals surface area contributed by atoms with Crippen molar-refractivity contribution in [2.45, 2.75) is 65.2 Å². The molecule has 2 aliphatic rings. The zero-order chi connectivity index (χ0) is 20.6. The van der Waals surface area contributed by atoms with E-state index in [2.05, 4.69) is 42.3 Å². The Balaban J connectivity index is 1.43. The molecule has 2 fully saturated rings. The molecule has 1 saturated carbocycles. The van der Waals surface area contributed by atoms with Crippen LogP contribution in [0.15, 0.2) is 18.2 Å². The second kappa shape index (κ2) is 10.8. The van der Waals surface area contributed by atoms with E-state index in [1.807, 2.05) is 4.90 Å². The molecule has 1 aliphatic heterocycles. The lowest BCUT2D eigenvalue weighted by molar-refractivity contribution is -0.133. The molecule has 1 aromatic carbocycles. The minimum Gasteiger partial charge on any atom is -0.340 e. The second-order valence-corrected chi connectivity index (χ2v) is 8.55. The number of anilines is 1. The Hall–Kier alpha value is -1.88. The number of carbonyl (C=O) groups is 2. The molecule has 2 amide bonds. The van der Waals surface area contributed by atoms with E-state index in [1.54, 1.807) is 0 Å². The topological polar surface area (TPSA) is 52.7 Å². The first kappa shape index (κ1) is 21.8. The number of rotatable bonds is 8. The molecule has 1 aliphatic carbocycles. The third-order valence-corrected chi connectivity index (χ3v) is 6.60. The molecule has 3 rings (SSSR count). The van der Waals surface area contributed by atoms with Crippen molar-refractivity contribution in [2.75, 3.05) is 38.0 Å². The van der Waals surface area contributed by atoms with Gasteiger partial charge in [-0.25, -0.2) is 0 Å². The molecule has 160 valence electrons. The van der Waals surface area contributed by atoms with Crippen LogP contribution in [0.1, 0.15) is 63.5 Å². The fraction of sp³-hybridized carbons (Fsp3) is 0.667. The number of para-hydroxylation sites is 1. The first-order valence-electron chi connectivity index (χ1n) is 11.5. The Morgan fingerprint density at radius 1 is 1.00 bits per heavy atom. The predicted octanol–water partition coefficient (Wildman–Crippen LogP) is 3.86. The summed E-state index contributed by atoms with van der Waals surface area (Å²) in [5.74, 6) is 1.11. The molecule has 0 atom stereocenters. The Bertz CT molecular complexity index is 667. The molecule has 0 unspecified atom stereocenters. The number of hydrogen-bond acceptors (Lipinski definition) is 3. The molecule has 1 heterocycles. The van der Waals surface area contributed by atoms with Crippen LogP contribution in [0, 0.1) is 5.92 Å². The summed E-state index contributed by atoms with van der Waals surface area (Å²) >= 11 is 0. The van der Waals surface area contributed by atoms with Gasteiger partial charge in [0, 0.05) is 38.3 Å². The van der Waals surface area contributed by atoms with Crippen molar-refractivity contribution in [3.05, 3.63) is 29.3 Å². The van der Waals surface area contributed by atoms with Crippen LogP contribution in [0.5, 0.6) is 0 Å². The van der Waals surface area contributed by atoms with Crippen LogP contribution < -0.4 is 5.32 Å². The Labute approximate surface area is 175 Å². The van der Waals surface area contributed by atoms with Gasteiger partial charge in [-0.3, -0.25) is 14.5 Å². The van der Waals surface area contributed by atoms with Gasteiger partial charge in [0.05, 0.1) is 6.54 Å². The average Bonchev–Trinajstić information content (AvgIpc) is 3.26. The minimum atomic E-state index is 0.0432. The van der Waals surface area contributed by atoms with Crippen molar-refractivity contribution in [3.8, 4) is 0 Å². The zero-order valence-corrected chi connectivity index (χ0v) is 18.2. The van der Waals surface area contributed by atoms with Crippen molar-refractivity contribution in [2.24, 2.45) is 5.92 Å². The summed E-state index contributed by atoms with van der Waals surface area (Å²) in [6.45, 7) is 7.66. The third-order valence-electron chi connectivity index (χ3n) is 6.60. The lowest BCUT2D eigenvalue weighted by atomic mass is 10.0. The van der Waals surface area contributed by atoms with Crippen LogP contribution >= 0.6 is 0 Å². The second-order valence-electron chi connectivity index (χ2n) is 8.55. The van der Waals surface area contributed by atoms with Crippen molar-refractivity contribution in [3.63, 3.8) is 0 Å². The molecule has 1 aromatic rings. The number of hydrogen-bond donors (Lipinski definition) is 1. The predicted molar refractivity (Wildman–Crippen MR) is 118 cm³/mol. The normalized spacial score (nSPS) is 18.2. The van der Waals surface area contributed by atoms with E-state index >= 15 is 0 Å². The van der Waals surface area contributed by atoms with E-state index in [9.17, 15) is 9.59 Å².